The van der Waals surface area contributed by atoms with E-state index >= 15 is 0 Å². The number of aryl methyl sites for hydroxylation is 2. The molecule has 124 valence electrons. The second kappa shape index (κ2) is 7.50. The Balaban J connectivity index is 2.53. The molecule has 6 heteroatoms. The standard InChI is InChI=1S/C18H17FN2O3/c1-11-5-3-4-6-12(2)17(22)21-20-16(11)10-13-7-8-15(19)14(9-13)18(23)24/h3-9H,10H2,1-2H3,(H,21,22)(H,23,24). The minimum Gasteiger partial charge on any atom is -0.478 e. The van der Waals surface area contributed by atoms with Crippen molar-refractivity contribution in [1.82, 2.24) is 10.2 Å². The molecule has 0 aliphatic rings. The molecule has 5 nitrogen and oxygen atoms in total. The fourth-order valence-corrected chi connectivity index (χ4v) is 2.08. The third-order valence-corrected chi connectivity index (χ3v) is 3.54. The monoisotopic (exact) mass is 328 g/mol. The lowest BCUT2D eigenvalue weighted by molar-refractivity contribution is 0.0691. The van der Waals surface area contributed by atoms with Gasteiger partial charge in [0.05, 0.1) is 11.3 Å². The molecule has 0 aliphatic heterocycles. The van der Waals surface area contributed by atoms with Crippen molar-refractivity contribution in [3.63, 3.8) is 0 Å². The number of carbonyl (C=O) groups is 1. The fourth-order valence-electron chi connectivity index (χ4n) is 2.08. The van der Waals surface area contributed by atoms with Gasteiger partial charge in [-0.05, 0) is 37.1 Å². The van der Waals surface area contributed by atoms with Crippen molar-refractivity contribution >= 4 is 5.97 Å². The molecule has 0 aliphatic carbocycles. The van der Waals surface area contributed by atoms with Crippen LogP contribution in [0.25, 0.3) is 0 Å². The van der Waals surface area contributed by atoms with Crippen LogP contribution in [-0.2, 0) is 6.42 Å². The molecular formula is C18H17FN2O3. The lowest BCUT2D eigenvalue weighted by Crippen LogP contribution is -2.09. The van der Waals surface area contributed by atoms with Gasteiger partial charge in [-0.15, -0.1) is 0 Å². The van der Waals surface area contributed by atoms with E-state index in [9.17, 15) is 14.0 Å². The molecule has 0 amide bonds. The Morgan fingerprint density at radius 2 is 1.83 bits per heavy atom. The van der Waals surface area contributed by atoms with E-state index in [1.165, 1.54) is 12.1 Å². The van der Waals surface area contributed by atoms with Crippen LogP contribution in [0.4, 0.5) is 4.39 Å². The molecule has 0 bridgehead atoms. The van der Waals surface area contributed by atoms with Crippen LogP contribution >= 0.6 is 0 Å². The maximum atomic E-state index is 13.5. The number of carboxylic acid groups (broad SMARTS) is 1. The van der Waals surface area contributed by atoms with Crippen LogP contribution in [0, 0.1) is 19.7 Å². The van der Waals surface area contributed by atoms with Crippen LogP contribution in [-0.4, -0.2) is 21.3 Å². The number of aromatic nitrogens is 2. The quantitative estimate of drug-likeness (QED) is 0.907. The summed E-state index contributed by atoms with van der Waals surface area (Å²) in [5, 5.41) is 15.6. The van der Waals surface area contributed by atoms with Gasteiger partial charge < -0.3 is 5.11 Å². The molecule has 0 fully saturated rings. The second-order valence-electron chi connectivity index (χ2n) is 5.38. The van der Waals surface area contributed by atoms with E-state index in [0.29, 0.717) is 16.8 Å². The Kier molecular flexibility index (Phi) is 5.42. The van der Waals surface area contributed by atoms with Crippen molar-refractivity contribution in [2.24, 2.45) is 0 Å². The van der Waals surface area contributed by atoms with Gasteiger partial charge in [0.2, 0.25) is 0 Å². The van der Waals surface area contributed by atoms with Crippen LogP contribution in [0.1, 0.15) is 32.7 Å². The van der Waals surface area contributed by atoms with Gasteiger partial charge in [0.1, 0.15) is 5.82 Å². The molecule has 2 aromatic rings. The first-order valence-electron chi connectivity index (χ1n) is 7.29. The molecular weight excluding hydrogens is 311 g/mol. The highest BCUT2D eigenvalue weighted by atomic mass is 19.1. The molecule has 1 aromatic heterocycles. The van der Waals surface area contributed by atoms with E-state index in [1.807, 2.05) is 13.0 Å². The van der Waals surface area contributed by atoms with Crippen molar-refractivity contribution < 1.29 is 14.3 Å². The van der Waals surface area contributed by atoms with Crippen molar-refractivity contribution in [1.29, 1.82) is 0 Å². The Labute approximate surface area is 138 Å². The number of nitrogens with zero attached hydrogens (tertiary/aromatic N) is 1. The zero-order valence-electron chi connectivity index (χ0n) is 13.3. The summed E-state index contributed by atoms with van der Waals surface area (Å²) in [6, 6.07) is 10.9. The minimum atomic E-state index is -1.33. The van der Waals surface area contributed by atoms with E-state index in [-0.39, 0.29) is 12.0 Å². The Hall–Kier alpha value is -3.02. The summed E-state index contributed by atoms with van der Waals surface area (Å²) in [5.41, 5.74) is 1.75. The van der Waals surface area contributed by atoms with Crippen LogP contribution < -0.4 is 5.56 Å². The lowest BCUT2D eigenvalue weighted by atomic mass is 10.0. The Bertz CT molecular complexity index is 890. The summed E-state index contributed by atoms with van der Waals surface area (Å²) < 4.78 is 13.5. The average molecular weight is 328 g/mol. The van der Waals surface area contributed by atoms with Gasteiger partial charge in [-0.3, -0.25) is 4.79 Å². The maximum absolute atomic E-state index is 13.5. The van der Waals surface area contributed by atoms with Crippen molar-refractivity contribution in [2.75, 3.05) is 0 Å². The highest BCUT2D eigenvalue weighted by Gasteiger charge is 2.11. The van der Waals surface area contributed by atoms with Crippen LogP contribution in [0.2, 0.25) is 0 Å². The molecule has 2 N–H and O–H groups in total. The highest BCUT2D eigenvalue weighted by molar-refractivity contribution is 5.88. The number of carboxylic acids is 1. The summed E-state index contributed by atoms with van der Waals surface area (Å²) in [7, 11) is 0. The van der Waals surface area contributed by atoms with Crippen molar-refractivity contribution in [3.8, 4) is 0 Å². The molecule has 0 spiro atoms. The van der Waals surface area contributed by atoms with E-state index in [4.69, 9.17) is 5.11 Å². The summed E-state index contributed by atoms with van der Waals surface area (Å²) in [4.78, 5) is 22.9. The van der Waals surface area contributed by atoms with Gasteiger partial charge in [-0.2, -0.15) is 5.10 Å². The third kappa shape index (κ3) is 4.25. The van der Waals surface area contributed by atoms with Gasteiger partial charge >= 0.3 is 5.97 Å². The predicted octanol–water partition coefficient (Wildman–Crippen LogP) is 2.94. The molecule has 0 radical (unpaired) electrons. The third-order valence-electron chi connectivity index (χ3n) is 3.54. The normalized spacial score (nSPS) is 10.1. The molecule has 24 heavy (non-hydrogen) atoms. The largest absolute Gasteiger partial charge is 0.478 e. The smallest absolute Gasteiger partial charge is 0.338 e. The molecule has 1 heterocycles. The zero-order chi connectivity index (χ0) is 17.7. The predicted molar refractivity (Wildman–Crippen MR) is 88.1 cm³/mol. The first kappa shape index (κ1) is 17.3. The van der Waals surface area contributed by atoms with E-state index < -0.39 is 17.3 Å². The maximum Gasteiger partial charge on any atom is 0.338 e. The molecule has 0 unspecified atom stereocenters. The van der Waals surface area contributed by atoms with Gasteiger partial charge in [0.25, 0.3) is 5.56 Å². The first-order chi connectivity index (χ1) is 11.4. The SMILES string of the molecule is Cc1ccccc(C)c(=O)[nH]nc1Cc1ccc(F)c(C(=O)O)c1. The molecule has 0 atom stereocenters. The van der Waals surface area contributed by atoms with E-state index in [2.05, 4.69) is 10.2 Å². The van der Waals surface area contributed by atoms with E-state index in [1.54, 1.807) is 25.1 Å². The molecule has 2 rings (SSSR count). The number of halogens is 1. The number of H-pyrrole nitrogens is 1. The summed E-state index contributed by atoms with van der Waals surface area (Å²) >= 11 is 0. The minimum absolute atomic E-state index is 0.264. The Morgan fingerprint density at radius 1 is 1.17 bits per heavy atom. The molecule has 0 saturated heterocycles. The number of benzene rings is 1. The van der Waals surface area contributed by atoms with Gasteiger partial charge in [-0.1, -0.05) is 30.3 Å². The van der Waals surface area contributed by atoms with Crippen LogP contribution in [0.5, 0.6) is 0 Å². The topological polar surface area (TPSA) is 83.0 Å². The second-order valence-corrected chi connectivity index (χ2v) is 5.38. The molecule has 1 aromatic carbocycles. The number of rotatable bonds is 3. The number of hydrogen-bond donors (Lipinski definition) is 2. The Morgan fingerprint density at radius 3 is 2.50 bits per heavy atom. The summed E-state index contributed by atoms with van der Waals surface area (Å²) in [6.07, 6.45) is 0.264. The number of aromatic carboxylic acids is 1. The number of hydrogen-bond acceptors (Lipinski definition) is 3. The first-order valence-corrected chi connectivity index (χ1v) is 7.29. The van der Waals surface area contributed by atoms with Gasteiger partial charge in [0.15, 0.2) is 0 Å². The summed E-state index contributed by atoms with van der Waals surface area (Å²) in [5.74, 6) is -2.12. The van der Waals surface area contributed by atoms with Crippen molar-refractivity contribution in [2.45, 2.75) is 20.3 Å². The van der Waals surface area contributed by atoms with Gasteiger partial charge in [-0.25, -0.2) is 14.3 Å². The molecule has 0 saturated carbocycles. The number of nitrogens with one attached hydrogen (secondary N) is 1. The fraction of sp³-hybridized carbons (Fsp3) is 0.167. The average Bonchev–Trinajstić information content (AvgIpc) is 2.55. The zero-order valence-corrected chi connectivity index (χ0v) is 13.3. The van der Waals surface area contributed by atoms with E-state index in [0.717, 1.165) is 11.6 Å². The highest BCUT2D eigenvalue weighted by Crippen LogP contribution is 2.14. The lowest BCUT2D eigenvalue weighted by Gasteiger charge is -2.05. The van der Waals surface area contributed by atoms with Crippen molar-refractivity contribution in [3.05, 3.63) is 86.6 Å². The summed E-state index contributed by atoms with van der Waals surface area (Å²) in [6.45, 7) is 3.50. The number of aromatic amines is 1. The van der Waals surface area contributed by atoms with Crippen LogP contribution in [0.3, 0.4) is 0 Å². The van der Waals surface area contributed by atoms with Crippen LogP contribution in [0.15, 0.2) is 47.3 Å². The van der Waals surface area contributed by atoms with Gasteiger partial charge in [0, 0.05) is 12.0 Å².